The number of alkyl halides is 3. The maximum Gasteiger partial charge on any atom is 0.389 e. The standard InChI is InChI=1S/C17H21F3N2O/c1-11-4-2-3-5-13(11)16-14-9-21-8-12(14)10-22(16)15(23)6-7-17(18,19)20/h2-5,12,14,16,21H,6-10H2,1H3/t12-,14-,16+/m0/s1. The zero-order valence-electron chi connectivity index (χ0n) is 13.1. The minimum absolute atomic E-state index is 0.114. The number of benzene rings is 1. The Kier molecular flexibility index (Phi) is 4.36. The van der Waals surface area contributed by atoms with Gasteiger partial charge in [-0.2, -0.15) is 13.2 Å². The van der Waals surface area contributed by atoms with E-state index in [1.54, 1.807) is 4.90 Å². The molecule has 1 amide bonds. The third-order valence-electron chi connectivity index (χ3n) is 5.01. The summed E-state index contributed by atoms with van der Waals surface area (Å²) in [7, 11) is 0. The van der Waals surface area contributed by atoms with Crippen molar-refractivity contribution in [3.05, 3.63) is 35.4 Å². The first-order valence-electron chi connectivity index (χ1n) is 7.99. The lowest BCUT2D eigenvalue weighted by molar-refractivity contribution is -0.150. The van der Waals surface area contributed by atoms with Gasteiger partial charge < -0.3 is 10.2 Å². The van der Waals surface area contributed by atoms with Crippen LogP contribution in [0.3, 0.4) is 0 Å². The Morgan fingerprint density at radius 1 is 1.30 bits per heavy atom. The van der Waals surface area contributed by atoms with E-state index in [4.69, 9.17) is 0 Å². The molecule has 23 heavy (non-hydrogen) atoms. The molecular formula is C17H21F3N2O. The van der Waals surface area contributed by atoms with E-state index in [0.717, 1.165) is 24.2 Å². The quantitative estimate of drug-likeness (QED) is 0.926. The van der Waals surface area contributed by atoms with Gasteiger partial charge in [-0.3, -0.25) is 4.79 Å². The first-order valence-corrected chi connectivity index (χ1v) is 7.99. The lowest BCUT2D eigenvalue weighted by atomic mass is 9.87. The van der Waals surface area contributed by atoms with E-state index in [2.05, 4.69) is 5.32 Å². The van der Waals surface area contributed by atoms with Crippen LogP contribution in [0.2, 0.25) is 0 Å². The lowest BCUT2D eigenvalue weighted by Crippen LogP contribution is -2.35. The van der Waals surface area contributed by atoms with Crippen molar-refractivity contribution in [3.63, 3.8) is 0 Å². The van der Waals surface area contributed by atoms with Crippen LogP contribution in [-0.2, 0) is 4.79 Å². The molecule has 0 saturated carbocycles. The van der Waals surface area contributed by atoms with Crippen molar-refractivity contribution < 1.29 is 18.0 Å². The van der Waals surface area contributed by atoms with Crippen LogP contribution in [0.5, 0.6) is 0 Å². The third-order valence-corrected chi connectivity index (χ3v) is 5.01. The maximum atomic E-state index is 12.4. The molecule has 0 bridgehead atoms. The number of amides is 1. The van der Waals surface area contributed by atoms with Gasteiger partial charge in [0.25, 0.3) is 0 Å². The number of aryl methyl sites for hydroxylation is 1. The summed E-state index contributed by atoms with van der Waals surface area (Å²) in [6, 6.07) is 7.73. The van der Waals surface area contributed by atoms with Gasteiger partial charge in [0.2, 0.25) is 5.91 Å². The normalized spacial score (nSPS) is 27.3. The van der Waals surface area contributed by atoms with Gasteiger partial charge in [-0.1, -0.05) is 24.3 Å². The summed E-state index contributed by atoms with van der Waals surface area (Å²) in [6.45, 7) is 4.18. The molecule has 2 aliphatic heterocycles. The number of halogens is 3. The highest BCUT2D eigenvalue weighted by molar-refractivity contribution is 5.77. The van der Waals surface area contributed by atoms with E-state index >= 15 is 0 Å². The zero-order chi connectivity index (χ0) is 16.6. The molecule has 0 aliphatic carbocycles. The first kappa shape index (κ1) is 16.3. The fourth-order valence-corrected chi connectivity index (χ4v) is 3.89. The van der Waals surface area contributed by atoms with Crippen molar-refractivity contribution in [1.29, 1.82) is 0 Å². The van der Waals surface area contributed by atoms with Crippen LogP contribution in [-0.4, -0.2) is 36.6 Å². The largest absolute Gasteiger partial charge is 0.389 e. The van der Waals surface area contributed by atoms with Gasteiger partial charge in [-0.05, 0) is 24.0 Å². The average Bonchev–Trinajstić information content (AvgIpc) is 3.05. The highest BCUT2D eigenvalue weighted by Crippen LogP contribution is 2.44. The van der Waals surface area contributed by atoms with Gasteiger partial charge in [0.05, 0.1) is 12.5 Å². The number of carbonyl (C=O) groups is 1. The van der Waals surface area contributed by atoms with E-state index in [1.165, 1.54) is 0 Å². The summed E-state index contributed by atoms with van der Waals surface area (Å²) >= 11 is 0. The number of fused-ring (bicyclic) bond motifs is 1. The van der Waals surface area contributed by atoms with Gasteiger partial charge in [-0.15, -0.1) is 0 Å². The second-order valence-electron chi connectivity index (χ2n) is 6.54. The van der Waals surface area contributed by atoms with E-state index < -0.39 is 19.0 Å². The van der Waals surface area contributed by atoms with Gasteiger partial charge in [0.15, 0.2) is 0 Å². The van der Waals surface area contributed by atoms with Crippen LogP contribution >= 0.6 is 0 Å². The molecule has 3 rings (SSSR count). The second-order valence-corrected chi connectivity index (χ2v) is 6.54. The van der Waals surface area contributed by atoms with Crippen molar-refractivity contribution in [2.75, 3.05) is 19.6 Å². The van der Waals surface area contributed by atoms with Crippen LogP contribution in [0.1, 0.15) is 30.0 Å². The fourth-order valence-electron chi connectivity index (χ4n) is 3.89. The predicted octanol–water partition coefficient (Wildman–Crippen LogP) is 3.06. The lowest BCUT2D eigenvalue weighted by Gasteiger charge is -2.29. The molecule has 6 heteroatoms. The van der Waals surface area contributed by atoms with Crippen LogP contribution in [0.25, 0.3) is 0 Å². The van der Waals surface area contributed by atoms with E-state index in [-0.39, 0.29) is 17.9 Å². The third kappa shape index (κ3) is 3.37. The molecule has 2 aliphatic rings. The summed E-state index contributed by atoms with van der Waals surface area (Å²) in [4.78, 5) is 14.1. The molecule has 0 aromatic heterocycles. The molecule has 0 unspecified atom stereocenters. The number of rotatable bonds is 3. The highest BCUT2D eigenvalue weighted by atomic mass is 19.4. The summed E-state index contributed by atoms with van der Waals surface area (Å²) in [5.74, 6) is 0.227. The van der Waals surface area contributed by atoms with Crippen LogP contribution in [0.15, 0.2) is 24.3 Å². The van der Waals surface area contributed by atoms with Crippen LogP contribution in [0.4, 0.5) is 13.2 Å². The molecule has 3 atom stereocenters. The number of hydrogen-bond acceptors (Lipinski definition) is 2. The summed E-state index contributed by atoms with van der Waals surface area (Å²) < 4.78 is 37.3. The van der Waals surface area contributed by atoms with Crippen LogP contribution in [0, 0.1) is 18.8 Å². The smallest absolute Gasteiger partial charge is 0.335 e. The van der Waals surface area contributed by atoms with Crippen molar-refractivity contribution in [2.24, 2.45) is 11.8 Å². The van der Waals surface area contributed by atoms with Gasteiger partial charge in [0, 0.05) is 32.0 Å². The van der Waals surface area contributed by atoms with Crippen LogP contribution < -0.4 is 5.32 Å². The molecule has 1 N–H and O–H groups in total. The van der Waals surface area contributed by atoms with Gasteiger partial charge in [0.1, 0.15) is 0 Å². The number of nitrogens with zero attached hydrogens (tertiary/aromatic N) is 1. The molecule has 0 spiro atoms. The molecular weight excluding hydrogens is 305 g/mol. The molecule has 1 aromatic carbocycles. The number of hydrogen-bond donors (Lipinski definition) is 1. The SMILES string of the molecule is Cc1ccccc1[C@@H]1[C@H]2CNC[C@H]2CN1C(=O)CCC(F)(F)F. The number of carbonyl (C=O) groups excluding carboxylic acids is 1. The minimum Gasteiger partial charge on any atom is -0.335 e. The maximum absolute atomic E-state index is 12.4. The van der Waals surface area contributed by atoms with E-state index in [0.29, 0.717) is 12.5 Å². The topological polar surface area (TPSA) is 32.3 Å². The molecule has 2 fully saturated rings. The molecule has 2 saturated heterocycles. The minimum atomic E-state index is -4.29. The van der Waals surface area contributed by atoms with Crippen molar-refractivity contribution >= 4 is 5.91 Å². The van der Waals surface area contributed by atoms with Gasteiger partial charge >= 0.3 is 6.18 Å². The van der Waals surface area contributed by atoms with E-state index in [9.17, 15) is 18.0 Å². The Bertz CT molecular complexity index is 587. The summed E-state index contributed by atoms with van der Waals surface area (Å²) in [5.41, 5.74) is 2.14. The number of nitrogens with one attached hydrogen (secondary N) is 1. The average molecular weight is 326 g/mol. The monoisotopic (exact) mass is 326 g/mol. The van der Waals surface area contributed by atoms with Crippen molar-refractivity contribution in [3.8, 4) is 0 Å². The summed E-state index contributed by atoms with van der Waals surface area (Å²) in [5, 5.41) is 3.34. The Labute approximate surface area is 133 Å². The molecule has 0 radical (unpaired) electrons. The summed E-state index contributed by atoms with van der Waals surface area (Å²) in [6.07, 6.45) is -5.79. The molecule has 1 aromatic rings. The van der Waals surface area contributed by atoms with Crippen molar-refractivity contribution in [2.45, 2.75) is 32.0 Å². The number of likely N-dealkylation sites (tertiary alicyclic amines) is 1. The fraction of sp³-hybridized carbons (Fsp3) is 0.588. The highest BCUT2D eigenvalue weighted by Gasteiger charge is 2.47. The molecule has 3 nitrogen and oxygen atoms in total. The predicted molar refractivity (Wildman–Crippen MR) is 80.8 cm³/mol. The Morgan fingerprint density at radius 2 is 2.04 bits per heavy atom. The Hall–Kier alpha value is -1.56. The second kappa shape index (κ2) is 6.15. The molecule has 126 valence electrons. The Balaban J connectivity index is 1.83. The van der Waals surface area contributed by atoms with E-state index in [1.807, 2.05) is 31.2 Å². The van der Waals surface area contributed by atoms with Crippen molar-refractivity contribution in [1.82, 2.24) is 10.2 Å². The first-order chi connectivity index (χ1) is 10.9. The van der Waals surface area contributed by atoms with Gasteiger partial charge in [-0.25, -0.2) is 0 Å². The molecule has 2 heterocycles. The Morgan fingerprint density at radius 3 is 2.74 bits per heavy atom. The zero-order valence-corrected chi connectivity index (χ0v) is 13.1.